The monoisotopic (exact) mass is 412 g/mol. The maximum atomic E-state index is 12.9. The summed E-state index contributed by atoms with van der Waals surface area (Å²) in [5.74, 6) is 2.91. The summed E-state index contributed by atoms with van der Waals surface area (Å²) in [6, 6.07) is 10.6. The van der Waals surface area contributed by atoms with E-state index in [4.69, 9.17) is 0 Å². The molecule has 2 aromatic rings. The smallest absolute Gasteiger partial charge is 0.324 e. The van der Waals surface area contributed by atoms with Crippen LogP contribution in [0.25, 0.3) is 0 Å². The Balaban J connectivity index is 1.43. The van der Waals surface area contributed by atoms with E-state index in [0.29, 0.717) is 17.1 Å². The van der Waals surface area contributed by atoms with Crippen LogP contribution in [-0.4, -0.2) is 44.0 Å². The van der Waals surface area contributed by atoms with Crippen molar-refractivity contribution in [2.24, 2.45) is 0 Å². The molecule has 28 heavy (non-hydrogen) atoms. The number of pyridine rings is 1. The number of carbonyl (C=O) groups excluding carboxylic acids is 2. The third-order valence-corrected chi connectivity index (χ3v) is 9.09. The number of fused-ring (bicyclic) bond motifs is 3. The minimum Gasteiger partial charge on any atom is -0.331 e. The SMILES string of the molecule is O=C(Nc1ccccn1)Nc1cccc2c1C1CC3(CCN1C2=O)SCCS3. The number of hydrogen-bond donors (Lipinski definition) is 2. The number of carbonyl (C=O) groups is 2. The standard InChI is InChI=1S/C20H20N4O2S2/c25-18-13-4-3-5-14(22-19(26)23-16-6-1-2-8-21-16)17(13)15-12-20(7-9-24(15)18)27-10-11-28-20/h1-6,8,15H,7,9-12H2,(H2,21,22,23,26). The molecule has 0 radical (unpaired) electrons. The molecule has 1 aromatic heterocycles. The van der Waals surface area contributed by atoms with E-state index in [1.165, 1.54) is 11.5 Å². The predicted molar refractivity (Wildman–Crippen MR) is 114 cm³/mol. The lowest BCUT2D eigenvalue weighted by molar-refractivity contribution is 0.0669. The number of aromatic nitrogens is 1. The zero-order valence-electron chi connectivity index (χ0n) is 15.2. The fraction of sp³-hybridized carbons (Fsp3) is 0.350. The lowest BCUT2D eigenvalue weighted by Crippen LogP contribution is -2.41. The van der Waals surface area contributed by atoms with Crippen molar-refractivity contribution in [3.63, 3.8) is 0 Å². The van der Waals surface area contributed by atoms with Crippen LogP contribution in [0.15, 0.2) is 42.6 Å². The maximum Gasteiger partial charge on any atom is 0.324 e. The predicted octanol–water partition coefficient (Wildman–Crippen LogP) is 4.19. The molecule has 2 saturated heterocycles. The van der Waals surface area contributed by atoms with Gasteiger partial charge < -0.3 is 10.2 Å². The first-order chi connectivity index (χ1) is 13.7. The Labute approximate surface area is 171 Å². The summed E-state index contributed by atoms with van der Waals surface area (Å²) in [5, 5.41) is 5.69. The summed E-state index contributed by atoms with van der Waals surface area (Å²) < 4.78 is 0.201. The summed E-state index contributed by atoms with van der Waals surface area (Å²) >= 11 is 4.06. The first-order valence-corrected chi connectivity index (χ1v) is 11.3. The van der Waals surface area contributed by atoms with Crippen LogP contribution in [0.2, 0.25) is 0 Å². The van der Waals surface area contributed by atoms with Gasteiger partial charge in [-0.2, -0.15) is 0 Å². The van der Waals surface area contributed by atoms with Crippen molar-refractivity contribution >= 4 is 47.0 Å². The van der Waals surface area contributed by atoms with Gasteiger partial charge in [-0.25, -0.2) is 9.78 Å². The Morgan fingerprint density at radius 1 is 1.14 bits per heavy atom. The third kappa shape index (κ3) is 3.04. The van der Waals surface area contributed by atoms with Gasteiger partial charge in [0.15, 0.2) is 0 Å². The molecule has 6 nitrogen and oxygen atoms in total. The Morgan fingerprint density at radius 3 is 2.79 bits per heavy atom. The zero-order valence-corrected chi connectivity index (χ0v) is 16.8. The molecule has 2 N–H and O–H groups in total. The molecule has 8 heteroatoms. The molecular formula is C20H20N4O2S2. The number of rotatable bonds is 2. The molecule has 1 unspecified atom stereocenters. The van der Waals surface area contributed by atoms with Gasteiger partial charge in [0.05, 0.1) is 10.1 Å². The van der Waals surface area contributed by atoms with Gasteiger partial charge in [0, 0.05) is 41.1 Å². The molecule has 0 aliphatic carbocycles. The highest BCUT2D eigenvalue weighted by Crippen LogP contribution is 2.57. The van der Waals surface area contributed by atoms with Crippen LogP contribution >= 0.6 is 23.5 Å². The zero-order chi connectivity index (χ0) is 19.1. The molecule has 3 amide bonds. The minimum atomic E-state index is -0.354. The van der Waals surface area contributed by atoms with E-state index in [1.807, 2.05) is 52.7 Å². The fourth-order valence-corrected chi connectivity index (χ4v) is 7.56. The van der Waals surface area contributed by atoms with Gasteiger partial charge in [-0.3, -0.25) is 10.1 Å². The quantitative estimate of drug-likeness (QED) is 0.774. The van der Waals surface area contributed by atoms with Crippen LogP contribution < -0.4 is 10.6 Å². The lowest BCUT2D eigenvalue weighted by Gasteiger charge is -2.41. The third-order valence-electron chi connectivity index (χ3n) is 5.51. The molecule has 4 heterocycles. The van der Waals surface area contributed by atoms with E-state index >= 15 is 0 Å². The Hall–Kier alpha value is -2.19. The molecule has 144 valence electrons. The number of benzene rings is 1. The number of nitrogens with one attached hydrogen (secondary N) is 2. The molecule has 1 spiro atoms. The van der Waals surface area contributed by atoms with Crippen molar-refractivity contribution in [2.75, 3.05) is 28.7 Å². The van der Waals surface area contributed by atoms with Gasteiger partial charge in [0.25, 0.3) is 5.91 Å². The Bertz CT molecular complexity index is 931. The molecule has 3 aliphatic rings. The van der Waals surface area contributed by atoms with Crippen molar-refractivity contribution in [2.45, 2.75) is 23.0 Å². The Kier molecular flexibility index (Phi) is 4.47. The average molecular weight is 413 g/mol. The molecule has 0 bridgehead atoms. The van der Waals surface area contributed by atoms with Crippen molar-refractivity contribution in [3.8, 4) is 0 Å². The Morgan fingerprint density at radius 2 is 2.00 bits per heavy atom. The second-order valence-corrected chi connectivity index (χ2v) is 10.4. The van der Waals surface area contributed by atoms with Crippen molar-refractivity contribution in [1.29, 1.82) is 0 Å². The fourth-order valence-electron chi connectivity index (χ4n) is 4.29. The van der Waals surface area contributed by atoms with Crippen LogP contribution in [0.4, 0.5) is 16.3 Å². The summed E-state index contributed by atoms with van der Waals surface area (Å²) in [6.45, 7) is 0.776. The molecule has 2 fully saturated rings. The summed E-state index contributed by atoms with van der Waals surface area (Å²) in [5.41, 5.74) is 2.37. The van der Waals surface area contributed by atoms with Crippen LogP contribution in [-0.2, 0) is 0 Å². The van der Waals surface area contributed by atoms with Gasteiger partial charge in [-0.05, 0) is 37.1 Å². The number of anilines is 2. The molecule has 1 atom stereocenters. The molecule has 0 saturated carbocycles. The van der Waals surface area contributed by atoms with Crippen molar-refractivity contribution in [3.05, 3.63) is 53.7 Å². The normalized spacial score (nSPS) is 22.1. The molecule has 5 rings (SSSR count). The van der Waals surface area contributed by atoms with E-state index in [9.17, 15) is 9.59 Å². The average Bonchev–Trinajstić information content (AvgIpc) is 3.26. The van der Waals surface area contributed by atoms with Gasteiger partial charge in [0.1, 0.15) is 5.82 Å². The lowest BCUT2D eigenvalue weighted by atomic mass is 9.95. The van der Waals surface area contributed by atoms with Gasteiger partial charge in [-0.15, -0.1) is 23.5 Å². The maximum absolute atomic E-state index is 12.9. The summed E-state index contributed by atoms with van der Waals surface area (Å²) in [4.78, 5) is 31.5. The van der Waals surface area contributed by atoms with Gasteiger partial charge >= 0.3 is 6.03 Å². The highest BCUT2D eigenvalue weighted by Gasteiger charge is 2.49. The van der Waals surface area contributed by atoms with Crippen LogP contribution in [0, 0.1) is 0 Å². The first-order valence-electron chi connectivity index (χ1n) is 9.36. The van der Waals surface area contributed by atoms with E-state index in [1.54, 1.807) is 18.3 Å². The summed E-state index contributed by atoms with van der Waals surface area (Å²) in [7, 11) is 0. The van der Waals surface area contributed by atoms with Crippen LogP contribution in [0.5, 0.6) is 0 Å². The molecule has 3 aliphatic heterocycles. The molecular weight excluding hydrogens is 392 g/mol. The van der Waals surface area contributed by atoms with Crippen LogP contribution in [0.1, 0.15) is 34.8 Å². The van der Waals surface area contributed by atoms with E-state index in [0.717, 1.165) is 24.9 Å². The van der Waals surface area contributed by atoms with Crippen molar-refractivity contribution < 1.29 is 9.59 Å². The van der Waals surface area contributed by atoms with Gasteiger partial charge in [0.2, 0.25) is 0 Å². The van der Waals surface area contributed by atoms with E-state index in [-0.39, 0.29) is 22.1 Å². The number of nitrogens with zero attached hydrogens (tertiary/aromatic N) is 2. The van der Waals surface area contributed by atoms with E-state index < -0.39 is 0 Å². The first kappa shape index (κ1) is 17.9. The highest BCUT2D eigenvalue weighted by atomic mass is 32.2. The second kappa shape index (κ2) is 7.00. The topological polar surface area (TPSA) is 74.3 Å². The van der Waals surface area contributed by atoms with Crippen molar-refractivity contribution in [1.82, 2.24) is 9.88 Å². The number of thioether (sulfide) groups is 2. The summed E-state index contributed by atoms with van der Waals surface area (Å²) in [6.07, 6.45) is 3.59. The number of amides is 3. The van der Waals surface area contributed by atoms with Gasteiger partial charge in [-0.1, -0.05) is 12.1 Å². The largest absolute Gasteiger partial charge is 0.331 e. The number of piperidine rings is 1. The van der Waals surface area contributed by atoms with E-state index in [2.05, 4.69) is 15.6 Å². The second-order valence-electron chi connectivity index (χ2n) is 7.14. The van der Waals surface area contributed by atoms with Crippen LogP contribution in [0.3, 0.4) is 0 Å². The molecule has 1 aromatic carbocycles. The number of urea groups is 1. The number of hydrogen-bond acceptors (Lipinski definition) is 5. The highest BCUT2D eigenvalue weighted by molar-refractivity contribution is 8.21. The minimum absolute atomic E-state index is 0.0284.